The molecular weight excluding hydrogens is 352 g/mol. The number of hydrogen-bond acceptors (Lipinski definition) is 3. The Morgan fingerprint density at radius 3 is 2.52 bits per heavy atom. The number of rotatable bonds is 6. The van der Waals surface area contributed by atoms with Crippen molar-refractivity contribution >= 4 is 11.8 Å². The van der Waals surface area contributed by atoms with E-state index < -0.39 is 24.9 Å². The van der Waals surface area contributed by atoms with Crippen LogP contribution in [-0.2, 0) is 16.0 Å². The predicted molar refractivity (Wildman–Crippen MR) is 96.3 cm³/mol. The van der Waals surface area contributed by atoms with E-state index >= 15 is 0 Å². The Bertz CT molecular complexity index is 702. The number of halogens is 2. The highest BCUT2D eigenvalue weighted by atomic mass is 19.3. The molecule has 0 radical (unpaired) electrons. The quantitative estimate of drug-likeness (QED) is 0.821. The SMILES string of the molecule is O=C(NCCc1ccccc1)[C@@H]1CC(F)(F)CN1C1CN(C(=O)C2CC2)C1. The number of alkyl halides is 2. The van der Waals surface area contributed by atoms with Crippen molar-refractivity contribution in [3.63, 3.8) is 0 Å². The van der Waals surface area contributed by atoms with Gasteiger partial charge in [-0.1, -0.05) is 30.3 Å². The molecule has 7 heteroatoms. The molecule has 3 fully saturated rings. The second kappa shape index (κ2) is 7.19. The Morgan fingerprint density at radius 1 is 1.15 bits per heavy atom. The number of amides is 2. The van der Waals surface area contributed by atoms with Gasteiger partial charge in [0.1, 0.15) is 0 Å². The van der Waals surface area contributed by atoms with Crippen LogP contribution in [0.1, 0.15) is 24.8 Å². The van der Waals surface area contributed by atoms with E-state index in [4.69, 9.17) is 0 Å². The zero-order valence-corrected chi connectivity index (χ0v) is 15.2. The van der Waals surface area contributed by atoms with Crippen LogP contribution in [0.2, 0.25) is 0 Å². The smallest absolute Gasteiger partial charge is 0.262 e. The van der Waals surface area contributed by atoms with Gasteiger partial charge in [0.05, 0.1) is 12.6 Å². The molecule has 27 heavy (non-hydrogen) atoms. The van der Waals surface area contributed by atoms with E-state index in [9.17, 15) is 18.4 Å². The normalized spacial score (nSPS) is 25.3. The Balaban J connectivity index is 1.31. The van der Waals surface area contributed by atoms with Crippen molar-refractivity contribution in [2.24, 2.45) is 5.92 Å². The molecule has 0 spiro atoms. The molecule has 0 bridgehead atoms. The van der Waals surface area contributed by atoms with Crippen LogP contribution in [0.25, 0.3) is 0 Å². The number of hydrogen-bond donors (Lipinski definition) is 1. The summed E-state index contributed by atoms with van der Waals surface area (Å²) in [5.41, 5.74) is 1.10. The summed E-state index contributed by atoms with van der Waals surface area (Å²) in [5.74, 6) is -2.92. The van der Waals surface area contributed by atoms with E-state index in [0.29, 0.717) is 26.1 Å². The van der Waals surface area contributed by atoms with E-state index in [-0.39, 0.29) is 23.8 Å². The van der Waals surface area contributed by atoms with Gasteiger partial charge in [-0.2, -0.15) is 0 Å². The first kappa shape index (κ1) is 18.3. The summed E-state index contributed by atoms with van der Waals surface area (Å²) >= 11 is 0. The number of nitrogens with one attached hydrogen (secondary N) is 1. The molecular formula is C20H25F2N3O2. The number of carbonyl (C=O) groups excluding carboxylic acids is 2. The molecule has 146 valence electrons. The Labute approximate surface area is 157 Å². The summed E-state index contributed by atoms with van der Waals surface area (Å²) in [6, 6.07) is 8.77. The molecule has 1 aromatic carbocycles. The van der Waals surface area contributed by atoms with E-state index in [1.165, 1.54) is 0 Å². The molecule has 1 saturated carbocycles. The standard InChI is InChI=1S/C20H25F2N3O2/c21-20(22)10-17(18(26)23-9-8-14-4-2-1-3-5-14)25(13-20)16-11-24(12-16)19(27)15-6-7-15/h1-5,15-17H,6-13H2,(H,23,26)/t17-/m0/s1. The summed E-state index contributed by atoms with van der Waals surface area (Å²) in [7, 11) is 0. The van der Waals surface area contributed by atoms with Crippen molar-refractivity contribution in [2.45, 2.75) is 43.7 Å². The summed E-state index contributed by atoms with van der Waals surface area (Å²) in [4.78, 5) is 27.9. The largest absolute Gasteiger partial charge is 0.354 e. The van der Waals surface area contributed by atoms with Gasteiger partial charge in [0.2, 0.25) is 11.8 Å². The van der Waals surface area contributed by atoms with Crippen molar-refractivity contribution in [1.82, 2.24) is 15.1 Å². The lowest BCUT2D eigenvalue weighted by atomic mass is 10.0. The maximum Gasteiger partial charge on any atom is 0.262 e. The van der Waals surface area contributed by atoms with E-state index in [1.54, 1.807) is 9.80 Å². The van der Waals surface area contributed by atoms with Crippen molar-refractivity contribution in [2.75, 3.05) is 26.2 Å². The number of likely N-dealkylation sites (tertiary alicyclic amines) is 2. The van der Waals surface area contributed by atoms with E-state index in [0.717, 1.165) is 18.4 Å². The topological polar surface area (TPSA) is 52.7 Å². The van der Waals surface area contributed by atoms with Gasteiger partial charge in [-0.25, -0.2) is 8.78 Å². The second-order valence-corrected chi connectivity index (χ2v) is 7.95. The lowest BCUT2D eigenvalue weighted by Crippen LogP contribution is -2.64. The Hall–Kier alpha value is -2.02. The molecule has 1 aromatic rings. The summed E-state index contributed by atoms with van der Waals surface area (Å²) < 4.78 is 28.0. The minimum absolute atomic E-state index is 0.140. The van der Waals surface area contributed by atoms with Crippen LogP contribution in [0, 0.1) is 5.92 Å². The lowest BCUT2D eigenvalue weighted by molar-refractivity contribution is -0.141. The third-order valence-corrected chi connectivity index (χ3v) is 5.73. The first-order valence-electron chi connectivity index (χ1n) is 9.67. The van der Waals surface area contributed by atoms with Gasteiger partial charge in [-0.05, 0) is 24.8 Å². The van der Waals surface area contributed by atoms with Crippen LogP contribution < -0.4 is 5.32 Å². The van der Waals surface area contributed by atoms with Gasteiger partial charge in [-0.15, -0.1) is 0 Å². The number of carbonyl (C=O) groups is 2. The summed E-state index contributed by atoms with van der Waals surface area (Å²) in [6.07, 6.45) is 2.10. The van der Waals surface area contributed by atoms with Gasteiger partial charge >= 0.3 is 0 Å². The maximum absolute atomic E-state index is 14.0. The van der Waals surface area contributed by atoms with Gasteiger partial charge in [0.15, 0.2) is 0 Å². The Kier molecular flexibility index (Phi) is 4.88. The molecule has 5 nitrogen and oxygen atoms in total. The second-order valence-electron chi connectivity index (χ2n) is 7.95. The number of nitrogens with zero attached hydrogens (tertiary/aromatic N) is 2. The lowest BCUT2D eigenvalue weighted by Gasteiger charge is -2.45. The molecule has 0 aromatic heterocycles. The molecule has 2 aliphatic heterocycles. The fourth-order valence-electron chi connectivity index (χ4n) is 3.99. The number of benzene rings is 1. The van der Waals surface area contributed by atoms with Crippen molar-refractivity contribution in [3.05, 3.63) is 35.9 Å². The van der Waals surface area contributed by atoms with Gasteiger partial charge in [0, 0.05) is 38.0 Å². The van der Waals surface area contributed by atoms with Gasteiger partial charge in [0.25, 0.3) is 5.92 Å². The summed E-state index contributed by atoms with van der Waals surface area (Å²) in [6.45, 7) is 0.939. The van der Waals surface area contributed by atoms with Crippen LogP contribution in [0.15, 0.2) is 30.3 Å². The van der Waals surface area contributed by atoms with Gasteiger partial charge in [-0.3, -0.25) is 14.5 Å². The highest BCUT2D eigenvalue weighted by molar-refractivity contribution is 5.83. The molecule has 2 heterocycles. The monoisotopic (exact) mass is 377 g/mol. The third kappa shape index (κ3) is 4.13. The minimum Gasteiger partial charge on any atom is -0.354 e. The van der Waals surface area contributed by atoms with Gasteiger partial charge < -0.3 is 10.2 Å². The molecule has 0 unspecified atom stereocenters. The first-order chi connectivity index (χ1) is 12.9. The van der Waals surface area contributed by atoms with Crippen LogP contribution in [0.5, 0.6) is 0 Å². The fraction of sp³-hybridized carbons (Fsp3) is 0.600. The zero-order chi connectivity index (χ0) is 19.0. The molecule has 3 aliphatic rings. The third-order valence-electron chi connectivity index (χ3n) is 5.73. The molecule has 4 rings (SSSR count). The molecule has 1 atom stereocenters. The van der Waals surface area contributed by atoms with Crippen molar-refractivity contribution in [1.29, 1.82) is 0 Å². The maximum atomic E-state index is 14.0. The van der Waals surface area contributed by atoms with Crippen molar-refractivity contribution < 1.29 is 18.4 Å². The zero-order valence-electron chi connectivity index (χ0n) is 15.2. The van der Waals surface area contributed by atoms with Crippen LogP contribution in [-0.4, -0.2) is 65.8 Å². The first-order valence-corrected chi connectivity index (χ1v) is 9.67. The van der Waals surface area contributed by atoms with E-state index in [2.05, 4.69) is 5.32 Å². The average molecular weight is 377 g/mol. The van der Waals surface area contributed by atoms with E-state index in [1.807, 2.05) is 30.3 Å². The molecule has 2 saturated heterocycles. The molecule has 2 amide bonds. The summed E-state index contributed by atoms with van der Waals surface area (Å²) in [5, 5.41) is 2.81. The highest BCUT2D eigenvalue weighted by Crippen LogP contribution is 2.37. The Morgan fingerprint density at radius 2 is 1.85 bits per heavy atom. The average Bonchev–Trinajstić information content (AvgIpc) is 3.39. The van der Waals surface area contributed by atoms with Crippen LogP contribution in [0.3, 0.4) is 0 Å². The van der Waals surface area contributed by atoms with Crippen molar-refractivity contribution in [3.8, 4) is 0 Å². The molecule has 1 N–H and O–H groups in total. The van der Waals surface area contributed by atoms with Crippen LogP contribution in [0.4, 0.5) is 8.78 Å². The highest BCUT2D eigenvalue weighted by Gasteiger charge is 2.53. The molecule has 1 aliphatic carbocycles. The predicted octanol–water partition coefficient (Wildman–Crippen LogP) is 1.68. The van der Waals surface area contributed by atoms with Crippen LogP contribution >= 0.6 is 0 Å². The fourth-order valence-corrected chi connectivity index (χ4v) is 3.99. The minimum atomic E-state index is -2.86.